The van der Waals surface area contributed by atoms with Gasteiger partial charge >= 0.3 is 5.97 Å². The van der Waals surface area contributed by atoms with E-state index in [1.54, 1.807) is 19.2 Å². The second kappa shape index (κ2) is 10.7. The van der Waals surface area contributed by atoms with Crippen molar-refractivity contribution in [3.63, 3.8) is 0 Å². The molecule has 180 valence electrons. The maximum Gasteiger partial charge on any atom is 0.303 e. The molecule has 3 aromatic carbocycles. The quantitative estimate of drug-likeness (QED) is 0.360. The lowest BCUT2D eigenvalue weighted by Gasteiger charge is -2.24. The SMILES string of the molecule is CC[C@@H](CC(=O)O)c1cccc(OCc2ccc(-c3cc(OC)ccc3F)c(C(C)(C)C)c2)c1. The minimum Gasteiger partial charge on any atom is -0.497 e. The lowest BCUT2D eigenvalue weighted by molar-refractivity contribution is -0.137. The second-order valence-electron chi connectivity index (χ2n) is 9.54. The van der Waals surface area contributed by atoms with Crippen molar-refractivity contribution in [3.05, 3.63) is 83.2 Å². The Balaban J connectivity index is 1.87. The van der Waals surface area contributed by atoms with Crippen LogP contribution in [0.15, 0.2) is 60.7 Å². The maximum absolute atomic E-state index is 14.7. The molecule has 0 saturated heterocycles. The molecule has 0 aromatic heterocycles. The van der Waals surface area contributed by atoms with E-state index in [0.29, 0.717) is 23.7 Å². The summed E-state index contributed by atoms with van der Waals surface area (Å²) in [5.41, 5.74) is 4.07. The molecular formula is C29H33FO4. The van der Waals surface area contributed by atoms with Crippen molar-refractivity contribution < 1.29 is 23.8 Å². The highest BCUT2D eigenvalue weighted by Gasteiger charge is 2.22. The number of hydrogen-bond acceptors (Lipinski definition) is 3. The average Bonchev–Trinajstić information content (AvgIpc) is 2.81. The van der Waals surface area contributed by atoms with Crippen molar-refractivity contribution in [2.24, 2.45) is 0 Å². The first-order chi connectivity index (χ1) is 16.1. The zero-order valence-electron chi connectivity index (χ0n) is 20.5. The van der Waals surface area contributed by atoms with Crippen LogP contribution < -0.4 is 9.47 Å². The molecule has 0 radical (unpaired) electrons. The lowest BCUT2D eigenvalue weighted by Crippen LogP contribution is -2.14. The van der Waals surface area contributed by atoms with Gasteiger partial charge < -0.3 is 14.6 Å². The monoisotopic (exact) mass is 464 g/mol. The van der Waals surface area contributed by atoms with Crippen molar-refractivity contribution in [1.29, 1.82) is 0 Å². The van der Waals surface area contributed by atoms with Crippen molar-refractivity contribution in [2.75, 3.05) is 7.11 Å². The van der Waals surface area contributed by atoms with E-state index in [4.69, 9.17) is 9.47 Å². The number of carboxylic acids is 1. The highest BCUT2D eigenvalue weighted by Crippen LogP contribution is 2.37. The molecule has 1 N–H and O–H groups in total. The van der Waals surface area contributed by atoms with Crippen LogP contribution in [0.3, 0.4) is 0 Å². The molecule has 0 bridgehead atoms. The molecule has 1 atom stereocenters. The molecule has 4 nitrogen and oxygen atoms in total. The summed E-state index contributed by atoms with van der Waals surface area (Å²) in [5.74, 6) is 0.156. The van der Waals surface area contributed by atoms with Crippen LogP contribution in [0.25, 0.3) is 11.1 Å². The van der Waals surface area contributed by atoms with Crippen LogP contribution in [0.2, 0.25) is 0 Å². The molecule has 3 rings (SSSR count). The number of ether oxygens (including phenoxy) is 2. The van der Waals surface area contributed by atoms with Crippen molar-refractivity contribution in [2.45, 2.75) is 58.5 Å². The van der Waals surface area contributed by atoms with Gasteiger partial charge in [-0.05, 0) is 70.3 Å². The Morgan fingerprint density at radius 2 is 1.76 bits per heavy atom. The topological polar surface area (TPSA) is 55.8 Å². The first-order valence-electron chi connectivity index (χ1n) is 11.5. The molecule has 0 fully saturated rings. The van der Waals surface area contributed by atoms with E-state index in [2.05, 4.69) is 26.8 Å². The summed E-state index contributed by atoms with van der Waals surface area (Å²) in [6.07, 6.45) is 0.837. The molecular weight excluding hydrogens is 431 g/mol. The minimum absolute atomic E-state index is 0.0504. The van der Waals surface area contributed by atoms with E-state index in [0.717, 1.165) is 28.7 Å². The Bertz CT molecular complexity index is 1150. The molecule has 0 saturated carbocycles. The van der Waals surface area contributed by atoms with E-state index >= 15 is 0 Å². The number of benzene rings is 3. The average molecular weight is 465 g/mol. The molecule has 0 aliphatic rings. The Labute approximate surface area is 201 Å². The predicted molar refractivity (Wildman–Crippen MR) is 133 cm³/mol. The summed E-state index contributed by atoms with van der Waals surface area (Å²) in [4.78, 5) is 11.2. The number of carbonyl (C=O) groups is 1. The zero-order chi connectivity index (χ0) is 24.9. The summed E-state index contributed by atoms with van der Waals surface area (Å²) < 4.78 is 26.1. The zero-order valence-corrected chi connectivity index (χ0v) is 20.5. The van der Waals surface area contributed by atoms with Crippen molar-refractivity contribution in [1.82, 2.24) is 0 Å². The fraction of sp³-hybridized carbons (Fsp3) is 0.345. The van der Waals surface area contributed by atoms with E-state index in [-0.39, 0.29) is 23.6 Å². The number of rotatable bonds is 9. The van der Waals surface area contributed by atoms with Gasteiger partial charge in [-0.1, -0.05) is 58.0 Å². The normalized spacial score (nSPS) is 12.3. The van der Waals surface area contributed by atoms with E-state index in [1.165, 1.54) is 6.07 Å². The van der Waals surface area contributed by atoms with Gasteiger partial charge in [-0.3, -0.25) is 4.79 Å². The summed E-state index contributed by atoms with van der Waals surface area (Å²) in [6.45, 7) is 8.65. The Kier molecular flexibility index (Phi) is 7.98. The highest BCUT2D eigenvalue weighted by atomic mass is 19.1. The number of halogens is 1. The van der Waals surface area contributed by atoms with Gasteiger partial charge in [-0.25, -0.2) is 4.39 Å². The third kappa shape index (κ3) is 6.16. The molecule has 0 unspecified atom stereocenters. The number of methoxy groups -OCH3 is 1. The fourth-order valence-corrected chi connectivity index (χ4v) is 4.11. The second-order valence-corrected chi connectivity index (χ2v) is 9.54. The van der Waals surface area contributed by atoms with Gasteiger partial charge in [0.25, 0.3) is 0 Å². The van der Waals surface area contributed by atoms with Crippen LogP contribution in [-0.2, 0) is 16.8 Å². The number of aliphatic carboxylic acids is 1. The molecule has 0 aliphatic carbocycles. The molecule has 0 heterocycles. The summed E-state index contributed by atoms with van der Waals surface area (Å²) in [6, 6.07) is 18.4. The first-order valence-corrected chi connectivity index (χ1v) is 11.5. The molecule has 5 heteroatoms. The van der Waals surface area contributed by atoms with Gasteiger partial charge in [-0.15, -0.1) is 0 Å². The first kappa shape index (κ1) is 25.3. The van der Waals surface area contributed by atoms with Crippen LogP contribution in [0.1, 0.15) is 63.1 Å². The van der Waals surface area contributed by atoms with Gasteiger partial charge in [0, 0.05) is 5.56 Å². The van der Waals surface area contributed by atoms with Gasteiger partial charge in [0.05, 0.1) is 13.5 Å². The largest absolute Gasteiger partial charge is 0.497 e. The van der Waals surface area contributed by atoms with Gasteiger partial charge in [0.2, 0.25) is 0 Å². The summed E-state index contributed by atoms with van der Waals surface area (Å²) in [5, 5.41) is 9.18. The van der Waals surface area contributed by atoms with E-state index in [9.17, 15) is 14.3 Å². The fourth-order valence-electron chi connectivity index (χ4n) is 4.11. The number of carboxylic acid groups (broad SMARTS) is 1. The lowest BCUT2D eigenvalue weighted by atomic mass is 9.81. The smallest absolute Gasteiger partial charge is 0.303 e. The Morgan fingerprint density at radius 3 is 2.41 bits per heavy atom. The molecule has 0 aliphatic heterocycles. The van der Waals surface area contributed by atoms with E-state index < -0.39 is 5.97 Å². The standard InChI is InChI=1S/C29H33FO4/c1-6-20(16-28(31)32)21-8-7-9-23(15-21)34-18-19-10-12-24(26(14-19)29(2,3)4)25-17-22(33-5)11-13-27(25)30/h7-15,17,20H,6,16,18H2,1-5H3,(H,31,32)/t20-/m0/s1. The molecule has 34 heavy (non-hydrogen) atoms. The summed E-state index contributed by atoms with van der Waals surface area (Å²) in [7, 11) is 1.57. The van der Waals surface area contributed by atoms with Gasteiger partial charge in [-0.2, -0.15) is 0 Å². The third-order valence-electron chi connectivity index (χ3n) is 6.00. The maximum atomic E-state index is 14.7. The molecule has 0 amide bonds. The highest BCUT2D eigenvalue weighted by molar-refractivity contribution is 5.71. The minimum atomic E-state index is -0.805. The van der Waals surface area contributed by atoms with Crippen LogP contribution >= 0.6 is 0 Å². The molecule has 0 spiro atoms. The van der Waals surface area contributed by atoms with Crippen LogP contribution in [0.5, 0.6) is 11.5 Å². The Morgan fingerprint density at radius 1 is 1.00 bits per heavy atom. The van der Waals surface area contributed by atoms with Crippen molar-refractivity contribution >= 4 is 5.97 Å². The van der Waals surface area contributed by atoms with Crippen molar-refractivity contribution in [3.8, 4) is 22.6 Å². The van der Waals surface area contributed by atoms with Crippen LogP contribution in [-0.4, -0.2) is 18.2 Å². The number of hydrogen-bond donors (Lipinski definition) is 1. The predicted octanol–water partition coefficient (Wildman–Crippen LogP) is 7.35. The van der Waals surface area contributed by atoms with Crippen LogP contribution in [0.4, 0.5) is 4.39 Å². The molecule has 3 aromatic rings. The summed E-state index contributed by atoms with van der Waals surface area (Å²) >= 11 is 0. The van der Waals surface area contributed by atoms with Gasteiger partial charge in [0.1, 0.15) is 23.9 Å². The van der Waals surface area contributed by atoms with Crippen LogP contribution in [0, 0.1) is 5.82 Å². The van der Waals surface area contributed by atoms with Gasteiger partial charge in [0.15, 0.2) is 0 Å². The third-order valence-corrected chi connectivity index (χ3v) is 6.00. The van der Waals surface area contributed by atoms with E-state index in [1.807, 2.05) is 43.3 Å². The Hall–Kier alpha value is -3.34.